The molecule has 0 spiro atoms. The first-order chi connectivity index (χ1) is 20.6. The molecule has 10 nitrogen and oxygen atoms in total. The minimum Gasteiger partial charge on any atom is -0.468 e. The maximum Gasteiger partial charge on any atom is 0.408 e. The summed E-state index contributed by atoms with van der Waals surface area (Å²) in [6, 6.07) is 8.36. The summed E-state index contributed by atoms with van der Waals surface area (Å²) < 4.78 is 52.2. The Balaban J connectivity index is 1.26. The molecule has 43 heavy (non-hydrogen) atoms. The highest BCUT2D eigenvalue weighted by atomic mass is 19.4. The molecule has 2 N–H and O–H groups in total. The highest BCUT2D eigenvalue weighted by Gasteiger charge is 2.60. The molecule has 3 aromatic rings. The first kappa shape index (κ1) is 28.9. The van der Waals surface area contributed by atoms with E-state index >= 15 is 0 Å². The van der Waals surface area contributed by atoms with Crippen molar-refractivity contribution in [1.82, 2.24) is 25.2 Å². The Kier molecular flexibility index (Phi) is 7.51. The van der Waals surface area contributed by atoms with Gasteiger partial charge >= 0.3 is 18.2 Å². The topological polar surface area (TPSA) is 124 Å². The van der Waals surface area contributed by atoms with Gasteiger partial charge in [-0.05, 0) is 67.1 Å². The predicted molar refractivity (Wildman–Crippen MR) is 145 cm³/mol. The summed E-state index contributed by atoms with van der Waals surface area (Å²) in [6.45, 7) is 0.123. The molecule has 13 heteroatoms. The maximum absolute atomic E-state index is 13.5. The third-order valence-electron chi connectivity index (χ3n) is 8.69. The molecule has 3 aliphatic rings. The van der Waals surface area contributed by atoms with Gasteiger partial charge in [-0.2, -0.15) is 18.3 Å². The number of aromatic nitrogens is 3. The van der Waals surface area contributed by atoms with Crippen LogP contribution in [0.5, 0.6) is 0 Å². The van der Waals surface area contributed by atoms with Gasteiger partial charge in [-0.1, -0.05) is 30.3 Å². The number of ether oxygens (including phenoxy) is 2. The molecule has 2 amide bonds. The molecule has 0 radical (unpaired) electrons. The molecule has 1 saturated heterocycles. The molecule has 1 aliphatic heterocycles. The second kappa shape index (κ2) is 11.2. The molecule has 1 aromatic carbocycles. The molecule has 3 fully saturated rings. The quantitative estimate of drug-likeness (QED) is 0.263. The van der Waals surface area contributed by atoms with Crippen molar-refractivity contribution in [3.63, 3.8) is 0 Å². The molecule has 1 unspecified atom stereocenters. The summed E-state index contributed by atoms with van der Waals surface area (Å²) >= 11 is 0. The van der Waals surface area contributed by atoms with Gasteiger partial charge in [0.1, 0.15) is 12.6 Å². The summed E-state index contributed by atoms with van der Waals surface area (Å²) in [7, 11) is 1.04. The lowest BCUT2D eigenvalue weighted by molar-refractivity contribution is -0.159. The number of methoxy groups -OCH3 is 1. The number of hydrogen-bond acceptors (Lipinski definition) is 7. The number of imidazole rings is 1. The zero-order valence-electron chi connectivity index (χ0n) is 23.5. The number of alkyl carbamates (subject to hydrolysis) is 1. The second-order valence-corrected chi connectivity index (χ2v) is 11.8. The predicted octanol–water partition coefficient (Wildman–Crippen LogP) is 4.29. The summed E-state index contributed by atoms with van der Waals surface area (Å²) in [5.41, 5.74) is 0.110. The lowest BCUT2D eigenvalue weighted by Crippen LogP contribution is -2.42. The number of hydrogen-bond donors (Lipinski definition) is 2. The van der Waals surface area contributed by atoms with Crippen LogP contribution in [0.25, 0.3) is 5.65 Å². The summed E-state index contributed by atoms with van der Waals surface area (Å²) in [5.74, 6) is -0.987. The Bertz CT molecular complexity index is 1510. The van der Waals surface area contributed by atoms with E-state index in [2.05, 4.69) is 10.4 Å². The Morgan fingerprint density at radius 1 is 1.14 bits per heavy atom. The van der Waals surface area contributed by atoms with E-state index in [1.807, 2.05) is 35.6 Å². The van der Waals surface area contributed by atoms with Crippen LogP contribution in [0.4, 0.5) is 18.0 Å². The van der Waals surface area contributed by atoms with Crippen LogP contribution < -0.4 is 10.6 Å². The van der Waals surface area contributed by atoms with E-state index in [-0.39, 0.29) is 18.9 Å². The molecule has 3 atom stereocenters. The van der Waals surface area contributed by atoms with Crippen LogP contribution >= 0.6 is 0 Å². The molecule has 0 bridgehead atoms. The maximum atomic E-state index is 13.5. The number of esters is 1. The Labute approximate surface area is 245 Å². The van der Waals surface area contributed by atoms with Crippen molar-refractivity contribution in [3.05, 3.63) is 65.6 Å². The van der Waals surface area contributed by atoms with Gasteiger partial charge in [0.15, 0.2) is 11.1 Å². The van der Waals surface area contributed by atoms with Crippen LogP contribution in [-0.4, -0.2) is 51.9 Å². The molecule has 2 aliphatic carbocycles. The van der Waals surface area contributed by atoms with Crippen LogP contribution in [-0.2, 0) is 32.1 Å². The van der Waals surface area contributed by atoms with Crippen molar-refractivity contribution in [2.45, 2.75) is 63.4 Å². The summed E-state index contributed by atoms with van der Waals surface area (Å²) in [6.07, 6.45) is 1.01. The van der Waals surface area contributed by atoms with E-state index in [1.165, 1.54) is 10.7 Å². The number of nitrogens with one attached hydrogen (secondary N) is 2. The van der Waals surface area contributed by atoms with Crippen LogP contribution in [0.3, 0.4) is 0 Å². The third-order valence-corrected chi connectivity index (χ3v) is 8.69. The van der Waals surface area contributed by atoms with Gasteiger partial charge in [-0.3, -0.25) is 9.59 Å². The number of carbonyl (C=O) groups is 3. The lowest BCUT2D eigenvalue weighted by atomic mass is 9.79. The van der Waals surface area contributed by atoms with Gasteiger partial charge in [-0.15, -0.1) is 0 Å². The van der Waals surface area contributed by atoms with Gasteiger partial charge in [0.05, 0.1) is 31.2 Å². The highest BCUT2D eigenvalue weighted by molar-refractivity contribution is 6.04. The monoisotopic (exact) mass is 599 g/mol. The fourth-order valence-corrected chi connectivity index (χ4v) is 6.26. The minimum atomic E-state index is -4.71. The molecule has 3 heterocycles. The van der Waals surface area contributed by atoms with Crippen molar-refractivity contribution < 1.29 is 37.0 Å². The van der Waals surface area contributed by atoms with Gasteiger partial charge < -0.3 is 20.1 Å². The Morgan fingerprint density at radius 2 is 1.84 bits per heavy atom. The van der Waals surface area contributed by atoms with Crippen molar-refractivity contribution >= 4 is 23.6 Å². The fraction of sp³-hybridized carbons (Fsp3) is 0.500. The Hall–Kier alpha value is -4.16. The first-order valence-electron chi connectivity index (χ1n) is 14.3. The van der Waals surface area contributed by atoms with Crippen molar-refractivity contribution in [2.24, 2.45) is 23.2 Å². The number of benzene rings is 1. The molecule has 2 aromatic heterocycles. The largest absolute Gasteiger partial charge is 0.468 e. The molecular formula is C30H32F3N5O5. The first-order valence-corrected chi connectivity index (χ1v) is 14.3. The zero-order chi connectivity index (χ0) is 30.4. The normalized spacial score (nSPS) is 22.8. The number of rotatable bonds is 10. The van der Waals surface area contributed by atoms with Crippen molar-refractivity contribution in [2.75, 3.05) is 7.11 Å². The van der Waals surface area contributed by atoms with Gasteiger partial charge in [0.25, 0.3) is 0 Å². The van der Waals surface area contributed by atoms with E-state index < -0.39 is 48.1 Å². The van der Waals surface area contributed by atoms with Crippen LogP contribution in [0.2, 0.25) is 0 Å². The molecular weight excluding hydrogens is 567 g/mol. The SMILES string of the molecule is COC(=O)C1(Cc2cnn3cc([C@@H](NC(=O)OCc4ccccc4)C(C4CC4)C4CC4)nc3c2)C[C@@H](C(F)(F)F)NC1=O. The number of nitrogens with zero attached hydrogens (tertiary/aromatic N) is 3. The van der Waals surface area contributed by atoms with E-state index in [0.717, 1.165) is 38.4 Å². The smallest absolute Gasteiger partial charge is 0.408 e. The van der Waals surface area contributed by atoms with Crippen LogP contribution in [0.15, 0.2) is 48.8 Å². The average Bonchev–Trinajstić information content (AvgIpc) is 3.92. The molecule has 228 valence electrons. The average molecular weight is 600 g/mol. The Morgan fingerprint density at radius 3 is 2.44 bits per heavy atom. The minimum absolute atomic E-state index is 0.123. The molecule has 2 saturated carbocycles. The highest BCUT2D eigenvalue weighted by Crippen LogP contribution is 2.54. The van der Waals surface area contributed by atoms with E-state index in [9.17, 15) is 27.6 Å². The third kappa shape index (κ3) is 6.02. The number of carbonyl (C=O) groups excluding carboxylic acids is 3. The number of halogens is 3. The van der Waals surface area contributed by atoms with E-state index in [4.69, 9.17) is 14.5 Å². The standard InChI is InChI=1S/C30H32F3N5O5/c1-42-27(40)29(13-22(30(31,32)33)36-26(29)39)12-18-11-23-35-21(15-38(23)34-14-18)25(24(19-7-8-19)20-9-10-20)37-28(41)43-16-17-5-3-2-4-6-17/h2-6,11,14-15,19-20,22,24-25H,7-10,12-13,16H2,1H3,(H,36,39)(H,37,41)/t22-,25+,29?/m0/s1. The second-order valence-electron chi connectivity index (χ2n) is 11.8. The lowest BCUT2D eigenvalue weighted by Gasteiger charge is -2.26. The zero-order valence-corrected chi connectivity index (χ0v) is 23.5. The van der Waals surface area contributed by atoms with E-state index in [0.29, 0.717) is 28.7 Å². The number of fused-ring (bicyclic) bond motifs is 1. The molecule has 6 rings (SSSR count). The summed E-state index contributed by atoms with van der Waals surface area (Å²) in [5, 5.41) is 9.33. The summed E-state index contributed by atoms with van der Waals surface area (Å²) in [4.78, 5) is 43.2. The van der Waals surface area contributed by atoms with Gasteiger partial charge in [-0.25, -0.2) is 14.3 Å². The van der Waals surface area contributed by atoms with Gasteiger partial charge in [0.2, 0.25) is 5.91 Å². The van der Waals surface area contributed by atoms with Crippen LogP contribution in [0, 0.1) is 23.2 Å². The fourth-order valence-electron chi connectivity index (χ4n) is 6.26. The van der Waals surface area contributed by atoms with Crippen LogP contribution in [0.1, 0.15) is 55.0 Å². The van der Waals surface area contributed by atoms with Crippen molar-refractivity contribution in [1.29, 1.82) is 0 Å². The van der Waals surface area contributed by atoms with E-state index in [1.54, 1.807) is 12.3 Å². The van der Waals surface area contributed by atoms with Crippen molar-refractivity contribution in [3.8, 4) is 0 Å². The number of alkyl halides is 3. The number of amides is 2. The van der Waals surface area contributed by atoms with Gasteiger partial charge in [0, 0.05) is 6.42 Å².